The number of aliphatic hydroxyl groups is 1. The minimum Gasteiger partial charge on any atom is -0.380 e. The second kappa shape index (κ2) is 14.4. The smallest absolute Gasteiger partial charge is 0.380 e. The number of alkyl halides is 7. The first-order valence-electron chi connectivity index (χ1n) is 13.3. The van der Waals surface area contributed by atoms with Crippen molar-refractivity contribution in [2.45, 2.75) is 50.7 Å². The van der Waals surface area contributed by atoms with Gasteiger partial charge in [-0.25, -0.2) is 4.39 Å². The van der Waals surface area contributed by atoms with Crippen LogP contribution in [0.3, 0.4) is 0 Å². The number of hydrogen-bond acceptors (Lipinski definition) is 6. The van der Waals surface area contributed by atoms with E-state index in [1.54, 1.807) is 49.0 Å². The molecule has 0 fully saturated rings. The fourth-order valence-corrected chi connectivity index (χ4v) is 5.45. The Morgan fingerprint density at radius 1 is 1.02 bits per heavy atom. The summed E-state index contributed by atoms with van der Waals surface area (Å²) in [7, 11) is 0. The summed E-state index contributed by atoms with van der Waals surface area (Å²) in [6, 6.07) is 11.0. The number of thioether (sulfide) groups is 1. The molecule has 0 saturated heterocycles. The Kier molecular flexibility index (Phi) is 11.6. The van der Waals surface area contributed by atoms with Crippen molar-refractivity contribution in [2.24, 2.45) is 0 Å². The summed E-state index contributed by atoms with van der Waals surface area (Å²) in [5, 5.41) is 27.1. The number of halogens is 8. The third kappa shape index (κ3) is 8.10. The molecule has 0 aromatic heterocycles. The number of amides is 1. The molecule has 1 amide bonds. The van der Waals surface area contributed by atoms with Gasteiger partial charge in [0.15, 0.2) is 0 Å². The van der Waals surface area contributed by atoms with Crippen LogP contribution < -0.4 is 16.0 Å². The minimum atomic E-state index is -6.27. The van der Waals surface area contributed by atoms with Crippen LogP contribution in [0.1, 0.15) is 51.3 Å². The van der Waals surface area contributed by atoms with Crippen molar-refractivity contribution in [2.75, 3.05) is 22.6 Å². The van der Waals surface area contributed by atoms with E-state index in [9.17, 15) is 40.6 Å². The predicted molar refractivity (Wildman–Crippen MR) is 163 cm³/mol. The molecule has 45 heavy (non-hydrogen) atoms. The van der Waals surface area contributed by atoms with Crippen LogP contribution in [0.25, 0.3) is 0 Å². The molecule has 0 saturated carbocycles. The zero-order valence-electron chi connectivity index (χ0n) is 24.1. The van der Waals surface area contributed by atoms with Gasteiger partial charge in [0, 0.05) is 63.2 Å². The fourth-order valence-electron chi connectivity index (χ4n) is 4.57. The number of nitrogens with one attached hydrogen (secondary N) is 4. The van der Waals surface area contributed by atoms with Gasteiger partial charge < -0.3 is 21.1 Å². The Morgan fingerprint density at radius 2 is 1.67 bits per heavy atom. The van der Waals surface area contributed by atoms with E-state index in [1.165, 1.54) is 6.07 Å². The number of aliphatic hydroxyl groups excluding tert-OH is 1. The van der Waals surface area contributed by atoms with E-state index in [0.29, 0.717) is 40.9 Å². The number of anilines is 2. The highest BCUT2D eigenvalue weighted by molar-refractivity contribution is 7.98. The number of carbonyl (C=O) groups is 1. The topological polar surface area (TPSA) is 97.2 Å². The van der Waals surface area contributed by atoms with Crippen molar-refractivity contribution in [3.63, 3.8) is 0 Å². The van der Waals surface area contributed by atoms with E-state index in [2.05, 4.69) is 16.0 Å². The van der Waals surface area contributed by atoms with Gasteiger partial charge in [-0.05, 0) is 61.6 Å². The lowest BCUT2D eigenvalue weighted by atomic mass is 9.92. The lowest BCUT2D eigenvalue weighted by Gasteiger charge is -2.30. The summed E-state index contributed by atoms with van der Waals surface area (Å²) in [5.74, 6) is 0.184. The summed E-state index contributed by atoms with van der Waals surface area (Å²) in [4.78, 5) is 13.2. The number of benzene rings is 3. The number of aryl methyl sites for hydroxylation is 1. The third-order valence-corrected chi connectivity index (χ3v) is 8.00. The summed E-state index contributed by atoms with van der Waals surface area (Å²) >= 11 is 7.92. The van der Waals surface area contributed by atoms with E-state index in [0.717, 1.165) is 6.07 Å². The average molecular weight is 679 g/mol. The van der Waals surface area contributed by atoms with Crippen molar-refractivity contribution in [3.8, 4) is 0 Å². The van der Waals surface area contributed by atoms with E-state index < -0.39 is 35.7 Å². The Balaban J connectivity index is 1.78. The fraction of sp³-hybridized carbons (Fsp3) is 0.333. The van der Waals surface area contributed by atoms with Gasteiger partial charge in [-0.3, -0.25) is 10.1 Å². The molecule has 0 aliphatic heterocycles. The lowest BCUT2D eigenvalue weighted by Crippen LogP contribution is -2.50. The van der Waals surface area contributed by atoms with E-state index in [4.69, 9.17) is 17.0 Å². The Morgan fingerprint density at radius 3 is 2.24 bits per heavy atom. The second-order valence-corrected chi connectivity index (χ2v) is 11.5. The number of carbonyl (C=O) groups excluding carboxylic acids is 1. The largest absolute Gasteiger partial charge is 0.435 e. The molecule has 0 radical (unpaired) electrons. The molecular formula is C30H30ClF7N4O2S. The first-order chi connectivity index (χ1) is 20.9. The molecule has 1 unspecified atom stereocenters. The zero-order valence-corrected chi connectivity index (χ0v) is 25.7. The second-order valence-electron chi connectivity index (χ2n) is 10.2. The van der Waals surface area contributed by atoms with Gasteiger partial charge in [-0.1, -0.05) is 35.9 Å². The first-order valence-corrected chi connectivity index (χ1v) is 15.0. The van der Waals surface area contributed by atoms with Crippen LogP contribution in [0.2, 0.25) is 5.02 Å². The van der Waals surface area contributed by atoms with Gasteiger partial charge in [0.05, 0.1) is 0 Å². The van der Waals surface area contributed by atoms with Crippen LogP contribution in [-0.2, 0) is 12.2 Å². The maximum atomic E-state index is 14.5. The molecule has 2 atom stereocenters. The van der Waals surface area contributed by atoms with Gasteiger partial charge >= 0.3 is 18.0 Å². The molecule has 5 N–H and O–H groups in total. The van der Waals surface area contributed by atoms with Crippen LogP contribution in [0.15, 0.2) is 54.6 Å². The average Bonchev–Trinajstić information content (AvgIpc) is 2.95. The Bertz CT molecular complexity index is 1520. The van der Waals surface area contributed by atoms with Crippen molar-refractivity contribution in [3.05, 3.63) is 93.0 Å². The highest BCUT2D eigenvalue weighted by Gasteiger charge is 2.73. The van der Waals surface area contributed by atoms with Crippen molar-refractivity contribution >= 4 is 46.9 Å². The SMILES string of the molecule is CSC[C@H](C)NC(O)c1c(Cl)cccc1C(=O)Nc1ccc(CNc2ccc(C(F)(C(F)(F)F)C(F)(F)F)cc2C=N)cc1C. The maximum Gasteiger partial charge on any atom is 0.435 e. The van der Waals surface area contributed by atoms with E-state index in [1.807, 2.05) is 13.2 Å². The summed E-state index contributed by atoms with van der Waals surface area (Å²) in [6.07, 6.45) is -11.3. The summed E-state index contributed by atoms with van der Waals surface area (Å²) in [6.45, 7) is 3.61. The van der Waals surface area contributed by atoms with E-state index >= 15 is 0 Å². The highest BCUT2D eigenvalue weighted by atomic mass is 35.5. The molecule has 3 aromatic carbocycles. The van der Waals surface area contributed by atoms with Crippen LogP contribution in [0, 0.1) is 12.3 Å². The van der Waals surface area contributed by atoms with Gasteiger partial charge in [0.1, 0.15) is 6.23 Å². The Hall–Kier alpha value is -3.33. The molecule has 15 heteroatoms. The van der Waals surface area contributed by atoms with Gasteiger partial charge in [-0.2, -0.15) is 38.1 Å². The first kappa shape index (κ1) is 36.1. The molecule has 0 spiro atoms. The third-order valence-electron chi connectivity index (χ3n) is 6.84. The summed E-state index contributed by atoms with van der Waals surface area (Å²) < 4.78 is 93.5. The highest BCUT2D eigenvalue weighted by Crippen LogP contribution is 2.53. The molecule has 0 aliphatic rings. The molecular weight excluding hydrogens is 649 g/mol. The van der Waals surface area contributed by atoms with Crippen molar-refractivity contribution < 1.29 is 40.6 Å². The number of hydrogen-bond donors (Lipinski definition) is 5. The molecule has 3 rings (SSSR count). The van der Waals surface area contributed by atoms with Crippen LogP contribution in [0.5, 0.6) is 0 Å². The maximum absolute atomic E-state index is 14.5. The van der Waals surface area contributed by atoms with Crippen molar-refractivity contribution in [1.82, 2.24) is 5.32 Å². The summed E-state index contributed by atoms with van der Waals surface area (Å²) in [5.41, 5.74) is -5.67. The molecule has 0 aliphatic carbocycles. The Labute approximate surface area is 264 Å². The predicted octanol–water partition coefficient (Wildman–Crippen LogP) is 8.13. The molecule has 6 nitrogen and oxygen atoms in total. The molecule has 3 aromatic rings. The quantitative estimate of drug-likeness (QED) is 0.0758. The van der Waals surface area contributed by atoms with E-state index in [-0.39, 0.29) is 40.0 Å². The molecule has 0 heterocycles. The van der Waals surface area contributed by atoms with Gasteiger partial charge in [0.25, 0.3) is 5.91 Å². The normalized spacial score (nSPS) is 13.7. The van der Waals surface area contributed by atoms with Crippen LogP contribution in [0.4, 0.5) is 42.1 Å². The van der Waals surface area contributed by atoms with Crippen molar-refractivity contribution in [1.29, 1.82) is 5.41 Å². The van der Waals surface area contributed by atoms with Gasteiger partial charge in [-0.15, -0.1) is 0 Å². The zero-order chi connectivity index (χ0) is 33.7. The number of rotatable bonds is 12. The van der Waals surface area contributed by atoms with Crippen LogP contribution >= 0.6 is 23.4 Å². The lowest BCUT2D eigenvalue weighted by molar-refractivity contribution is -0.348. The van der Waals surface area contributed by atoms with Gasteiger partial charge in [0.2, 0.25) is 0 Å². The van der Waals surface area contributed by atoms with Crippen LogP contribution in [-0.4, -0.2) is 47.6 Å². The molecule has 244 valence electrons. The standard InChI is InChI=1S/C30H30ClF7N4O2S/c1-16-11-18(14-40-24-10-8-20(12-19(24)13-39)28(32,29(33,34)35)30(36,37)38)7-9-23(16)42-26(43)21-5-4-6-22(31)25(21)27(44)41-17(2)15-45-3/h4-13,17,27,39-41,44H,14-15H2,1-3H3,(H,42,43)/t17-,27?/m0/s1. The monoisotopic (exact) mass is 678 g/mol. The minimum absolute atomic E-state index is 0.00276. The molecule has 0 bridgehead atoms.